The smallest absolute Gasteiger partial charge is 0.259 e. The maximum absolute atomic E-state index is 12.9. The first kappa shape index (κ1) is 21.4. The Labute approximate surface area is 188 Å². The molecule has 0 spiro atoms. The third-order valence-corrected chi connectivity index (χ3v) is 5.57. The molecule has 0 bridgehead atoms. The van der Waals surface area contributed by atoms with Gasteiger partial charge in [-0.05, 0) is 47.9 Å². The van der Waals surface area contributed by atoms with E-state index in [1.807, 2.05) is 24.3 Å². The number of carbonyl (C=O) groups is 2. The number of benzene rings is 3. The Kier molecular flexibility index (Phi) is 6.40. The Morgan fingerprint density at radius 3 is 2.62 bits per heavy atom. The molecule has 2 amide bonds. The maximum Gasteiger partial charge on any atom is 0.259 e. The van der Waals surface area contributed by atoms with Gasteiger partial charge in [0.1, 0.15) is 5.75 Å². The fourth-order valence-electron chi connectivity index (χ4n) is 3.75. The molecule has 6 heteroatoms. The quantitative estimate of drug-likeness (QED) is 0.617. The van der Waals surface area contributed by atoms with Crippen LogP contribution in [0, 0.1) is 0 Å². The van der Waals surface area contributed by atoms with E-state index in [2.05, 4.69) is 34.5 Å². The maximum atomic E-state index is 12.9. The molecule has 1 N–H and O–H groups in total. The van der Waals surface area contributed by atoms with E-state index in [-0.39, 0.29) is 18.4 Å². The first-order valence-electron chi connectivity index (χ1n) is 10.7. The van der Waals surface area contributed by atoms with E-state index in [0.717, 1.165) is 30.8 Å². The molecule has 0 atom stereocenters. The van der Waals surface area contributed by atoms with Crippen molar-refractivity contribution in [2.75, 3.05) is 37.5 Å². The van der Waals surface area contributed by atoms with Crippen molar-refractivity contribution >= 4 is 23.2 Å². The molecule has 4 rings (SSSR count). The van der Waals surface area contributed by atoms with Crippen LogP contribution in [0.4, 0.5) is 11.4 Å². The fraction of sp³-hybridized carbons (Fsp3) is 0.231. The number of fused-ring (bicyclic) bond motifs is 1. The van der Waals surface area contributed by atoms with Gasteiger partial charge in [0, 0.05) is 44.1 Å². The van der Waals surface area contributed by atoms with Crippen LogP contribution in [-0.2, 0) is 17.8 Å². The lowest BCUT2D eigenvalue weighted by molar-refractivity contribution is -0.130. The molecule has 0 radical (unpaired) electrons. The van der Waals surface area contributed by atoms with Crippen LogP contribution in [0.3, 0.4) is 0 Å². The van der Waals surface area contributed by atoms with Crippen molar-refractivity contribution in [1.29, 1.82) is 0 Å². The number of para-hydroxylation sites is 2. The summed E-state index contributed by atoms with van der Waals surface area (Å²) < 4.78 is 5.54. The van der Waals surface area contributed by atoms with Crippen LogP contribution >= 0.6 is 0 Å². The summed E-state index contributed by atoms with van der Waals surface area (Å²) in [6.07, 6.45) is 1.04. The van der Waals surface area contributed by atoms with Gasteiger partial charge >= 0.3 is 0 Å². The summed E-state index contributed by atoms with van der Waals surface area (Å²) in [4.78, 5) is 28.5. The number of likely N-dealkylation sites (N-methyl/N-ethyl adjacent to an activating group) is 1. The zero-order valence-corrected chi connectivity index (χ0v) is 18.4. The number of amides is 2. The molecule has 1 aliphatic rings. The van der Waals surface area contributed by atoms with Crippen molar-refractivity contribution in [3.63, 3.8) is 0 Å². The Hall–Kier alpha value is -3.80. The number of nitrogens with one attached hydrogen (secondary N) is 1. The van der Waals surface area contributed by atoms with Gasteiger partial charge in [-0.1, -0.05) is 42.5 Å². The van der Waals surface area contributed by atoms with Gasteiger partial charge in [-0.2, -0.15) is 0 Å². The fourth-order valence-corrected chi connectivity index (χ4v) is 3.75. The van der Waals surface area contributed by atoms with Gasteiger partial charge in [-0.3, -0.25) is 9.59 Å². The highest BCUT2D eigenvalue weighted by Gasteiger charge is 2.20. The van der Waals surface area contributed by atoms with Crippen LogP contribution in [-0.4, -0.2) is 44.0 Å². The van der Waals surface area contributed by atoms with Gasteiger partial charge in [-0.15, -0.1) is 0 Å². The number of rotatable bonds is 7. The van der Waals surface area contributed by atoms with E-state index in [4.69, 9.17) is 4.74 Å². The number of anilines is 2. The van der Waals surface area contributed by atoms with E-state index in [1.54, 1.807) is 38.4 Å². The molecule has 0 unspecified atom stereocenters. The van der Waals surface area contributed by atoms with Crippen LogP contribution in [0.5, 0.6) is 5.75 Å². The molecular formula is C26H27N3O3. The minimum Gasteiger partial charge on any atom is -0.484 e. The molecule has 1 heterocycles. The third-order valence-electron chi connectivity index (χ3n) is 5.57. The van der Waals surface area contributed by atoms with Gasteiger partial charge in [-0.25, -0.2) is 0 Å². The van der Waals surface area contributed by atoms with Crippen LogP contribution in [0.25, 0.3) is 0 Å². The predicted molar refractivity (Wildman–Crippen MR) is 126 cm³/mol. The van der Waals surface area contributed by atoms with Gasteiger partial charge in [0.2, 0.25) is 0 Å². The van der Waals surface area contributed by atoms with E-state index in [0.29, 0.717) is 11.3 Å². The molecule has 1 aliphatic heterocycles. The lowest BCUT2D eigenvalue weighted by Gasteiger charge is -2.21. The van der Waals surface area contributed by atoms with Crippen molar-refractivity contribution in [1.82, 2.24) is 4.90 Å². The Bertz CT molecular complexity index is 1130. The van der Waals surface area contributed by atoms with Crippen molar-refractivity contribution in [2.24, 2.45) is 0 Å². The second-order valence-electron chi connectivity index (χ2n) is 8.02. The summed E-state index contributed by atoms with van der Waals surface area (Å²) in [5.41, 5.74) is 4.93. The standard InChI is InChI=1S/C26H27N3O3/c1-28(2)25(30)18-32-22-11-7-10-20(16-22)26(31)27-23-12-5-3-9-21(23)17-29-15-14-19-8-4-6-13-24(19)29/h3-13,16H,14-15,17-18H2,1-2H3,(H,27,31). The minimum atomic E-state index is -0.219. The van der Waals surface area contributed by atoms with Gasteiger partial charge < -0.3 is 19.9 Å². The first-order valence-corrected chi connectivity index (χ1v) is 10.7. The SMILES string of the molecule is CN(C)C(=O)COc1cccc(C(=O)Nc2ccccc2CN2CCc3ccccc32)c1. The van der Waals surface area contributed by atoms with Crippen molar-refractivity contribution in [3.8, 4) is 5.75 Å². The van der Waals surface area contributed by atoms with Crippen LogP contribution in [0.15, 0.2) is 72.8 Å². The number of ether oxygens (including phenoxy) is 1. The summed E-state index contributed by atoms with van der Waals surface area (Å²) in [6.45, 7) is 1.62. The summed E-state index contributed by atoms with van der Waals surface area (Å²) in [6, 6.07) is 23.2. The van der Waals surface area contributed by atoms with Gasteiger partial charge in [0.15, 0.2) is 6.61 Å². The van der Waals surface area contributed by atoms with Crippen LogP contribution < -0.4 is 15.0 Å². The average Bonchev–Trinajstić information content (AvgIpc) is 3.21. The van der Waals surface area contributed by atoms with Crippen LogP contribution in [0.1, 0.15) is 21.5 Å². The zero-order valence-electron chi connectivity index (χ0n) is 18.4. The molecular weight excluding hydrogens is 402 g/mol. The monoisotopic (exact) mass is 429 g/mol. The Morgan fingerprint density at radius 1 is 1.00 bits per heavy atom. The predicted octanol–water partition coefficient (Wildman–Crippen LogP) is 3.97. The minimum absolute atomic E-state index is 0.0712. The number of nitrogens with zero attached hydrogens (tertiary/aromatic N) is 2. The zero-order chi connectivity index (χ0) is 22.5. The second kappa shape index (κ2) is 9.56. The largest absolute Gasteiger partial charge is 0.484 e. The van der Waals surface area contributed by atoms with E-state index in [9.17, 15) is 9.59 Å². The second-order valence-corrected chi connectivity index (χ2v) is 8.02. The molecule has 0 saturated heterocycles. The van der Waals surface area contributed by atoms with E-state index in [1.165, 1.54) is 16.2 Å². The molecule has 0 aliphatic carbocycles. The lowest BCUT2D eigenvalue weighted by atomic mass is 10.1. The van der Waals surface area contributed by atoms with Crippen LogP contribution in [0.2, 0.25) is 0 Å². The molecule has 164 valence electrons. The average molecular weight is 430 g/mol. The third kappa shape index (κ3) is 4.91. The number of hydrogen-bond acceptors (Lipinski definition) is 4. The lowest BCUT2D eigenvalue weighted by Crippen LogP contribution is -2.27. The molecule has 6 nitrogen and oxygen atoms in total. The van der Waals surface area contributed by atoms with Crippen molar-refractivity contribution in [3.05, 3.63) is 89.5 Å². The number of hydrogen-bond donors (Lipinski definition) is 1. The van der Waals surface area contributed by atoms with E-state index >= 15 is 0 Å². The normalized spacial score (nSPS) is 12.2. The molecule has 0 saturated carbocycles. The number of carbonyl (C=O) groups excluding carboxylic acids is 2. The Balaban J connectivity index is 1.46. The molecule has 32 heavy (non-hydrogen) atoms. The summed E-state index contributed by atoms with van der Waals surface area (Å²) in [5.74, 6) is 0.121. The molecule has 3 aromatic carbocycles. The topological polar surface area (TPSA) is 61.9 Å². The highest BCUT2D eigenvalue weighted by molar-refractivity contribution is 6.04. The summed E-state index contributed by atoms with van der Waals surface area (Å²) in [7, 11) is 3.35. The Morgan fingerprint density at radius 2 is 1.78 bits per heavy atom. The summed E-state index contributed by atoms with van der Waals surface area (Å²) >= 11 is 0. The highest BCUT2D eigenvalue weighted by Crippen LogP contribution is 2.30. The van der Waals surface area contributed by atoms with Gasteiger partial charge in [0.25, 0.3) is 11.8 Å². The van der Waals surface area contributed by atoms with Gasteiger partial charge in [0.05, 0.1) is 0 Å². The summed E-state index contributed by atoms with van der Waals surface area (Å²) in [5, 5.41) is 3.04. The highest BCUT2D eigenvalue weighted by atomic mass is 16.5. The van der Waals surface area contributed by atoms with Crippen molar-refractivity contribution in [2.45, 2.75) is 13.0 Å². The van der Waals surface area contributed by atoms with E-state index < -0.39 is 0 Å². The molecule has 0 aromatic heterocycles. The first-order chi connectivity index (χ1) is 15.5. The molecule has 3 aromatic rings. The molecule has 0 fully saturated rings. The van der Waals surface area contributed by atoms with Crippen molar-refractivity contribution < 1.29 is 14.3 Å².